The van der Waals surface area contributed by atoms with Crippen molar-refractivity contribution in [2.75, 3.05) is 0 Å². The molecule has 0 radical (unpaired) electrons. The van der Waals surface area contributed by atoms with Gasteiger partial charge in [0.05, 0.1) is 23.2 Å². The topological polar surface area (TPSA) is 111 Å². The molecule has 1 aromatic heterocycles. The predicted molar refractivity (Wildman–Crippen MR) is 63.9 cm³/mol. The van der Waals surface area contributed by atoms with E-state index in [4.69, 9.17) is 5.11 Å². The molecule has 0 amide bonds. The summed E-state index contributed by atoms with van der Waals surface area (Å²) in [5, 5.41) is 26.8. The lowest BCUT2D eigenvalue weighted by molar-refractivity contribution is -0.384. The minimum atomic E-state index is -0.990. The Bertz CT molecular complexity index is 670. The summed E-state index contributed by atoms with van der Waals surface area (Å²) in [7, 11) is 0. The van der Waals surface area contributed by atoms with Crippen LogP contribution in [-0.2, 0) is 11.2 Å². The summed E-state index contributed by atoms with van der Waals surface area (Å²) in [6.07, 6.45) is 1.34. The number of nitro groups is 1. The molecule has 0 spiro atoms. The fraction of sp³-hybridized carbons (Fsp3) is 0.182. The largest absolute Gasteiger partial charge is 0.481 e. The van der Waals surface area contributed by atoms with E-state index in [1.807, 2.05) is 0 Å². The summed E-state index contributed by atoms with van der Waals surface area (Å²) in [4.78, 5) is 20.7. The SMILES string of the molecule is O=C(O)CCc1cn(-c2cc(F)ccc2[N+](=O)[O-])nn1. The van der Waals surface area contributed by atoms with Crippen LogP contribution >= 0.6 is 0 Å². The number of aryl methyl sites for hydroxylation is 1. The van der Waals surface area contributed by atoms with Crippen molar-refractivity contribution in [3.05, 3.63) is 46.0 Å². The van der Waals surface area contributed by atoms with Gasteiger partial charge in [-0.3, -0.25) is 14.9 Å². The minimum absolute atomic E-state index is 0.0657. The fourth-order valence-corrected chi connectivity index (χ4v) is 1.60. The molecule has 0 saturated heterocycles. The second-order valence-electron chi connectivity index (χ2n) is 3.94. The summed E-state index contributed by atoms with van der Waals surface area (Å²) in [5.41, 5.74) is -0.0314. The quantitative estimate of drug-likeness (QED) is 0.653. The molecule has 0 unspecified atom stereocenters. The van der Waals surface area contributed by atoms with Crippen LogP contribution in [0.3, 0.4) is 0 Å². The van der Waals surface area contributed by atoms with E-state index in [1.165, 1.54) is 6.20 Å². The highest BCUT2D eigenvalue weighted by molar-refractivity contribution is 5.66. The van der Waals surface area contributed by atoms with Crippen molar-refractivity contribution in [2.24, 2.45) is 0 Å². The zero-order chi connectivity index (χ0) is 14.7. The molecule has 0 saturated carbocycles. The normalized spacial score (nSPS) is 10.4. The molecule has 2 aromatic rings. The van der Waals surface area contributed by atoms with Gasteiger partial charge >= 0.3 is 5.97 Å². The number of halogens is 1. The zero-order valence-electron chi connectivity index (χ0n) is 10.1. The first kappa shape index (κ1) is 13.6. The number of carboxylic acids is 1. The number of hydrogen-bond donors (Lipinski definition) is 1. The summed E-state index contributed by atoms with van der Waals surface area (Å²) in [6, 6.07) is 2.97. The Labute approximate surface area is 111 Å². The van der Waals surface area contributed by atoms with Crippen LogP contribution < -0.4 is 0 Å². The number of aliphatic carboxylic acids is 1. The monoisotopic (exact) mass is 280 g/mol. The fourth-order valence-electron chi connectivity index (χ4n) is 1.60. The molecule has 0 aliphatic rings. The van der Waals surface area contributed by atoms with Gasteiger partial charge < -0.3 is 5.11 Å². The summed E-state index contributed by atoms with van der Waals surface area (Å²) < 4.78 is 14.2. The average molecular weight is 280 g/mol. The Morgan fingerprint density at radius 2 is 2.25 bits per heavy atom. The lowest BCUT2D eigenvalue weighted by Crippen LogP contribution is -2.01. The third kappa shape index (κ3) is 2.94. The number of nitro benzene ring substituents is 1. The molecule has 0 aliphatic carbocycles. The van der Waals surface area contributed by atoms with Crippen LogP contribution in [-0.4, -0.2) is 31.0 Å². The standard InChI is InChI=1S/C11H9FN4O4/c12-7-1-3-9(16(19)20)10(5-7)15-6-8(13-14-15)2-4-11(17)18/h1,3,5-6H,2,4H2,(H,17,18). The highest BCUT2D eigenvalue weighted by Crippen LogP contribution is 2.23. The molecular formula is C11H9FN4O4. The minimum Gasteiger partial charge on any atom is -0.481 e. The van der Waals surface area contributed by atoms with Gasteiger partial charge in [-0.15, -0.1) is 5.10 Å². The van der Waals surface area contributed by atoms with Crippen LogP contribution in [0.25, 0.3) is 5.69 Å². The van der Waals surface area contributed by atoms with E-state index < -0.39 is 16.7 Å². The van der Waals surface area contributed by atoms with Gasteiger partial charge in [0.15, 0.2) is 0 Å². The molecule has 0 fully saturated rings. The molecule has 1 N–H and O–H groups in total. The van der Waals surface area contributed by atoms with Gasteiger partial charge in [-0.25, -0.2) is 9.07 Å². The highest BCUT2D eigenvalue weighted by Gasteiger charge is 2.17. The van der Waals surface area contributed by atoms with E-state index in [0.717, 1.165) is 22.9 Å². The number of carboxylic acid groups (broad SMARTS) is 1. The van der Waals surface area contributed by atoms with Gasteiger partial charge in [-0.2, -0.15) is 0 Å². The molecule has 2 rings (SSSR count). The molecule has 0 aliphatic heterocycles. The Morgan fingerprint density at radius 1 is 1.50 bits per heavy atom. The molecule has 1 aromatic carbocycles. The van der Waals surface area contributed by atoms with Crippen molar-refractivity contribution in [1.82, 2.24) is 15.0 Å². The van der Waals surface area contributed by atoms with Crippen molar-refractivity contribution in [2.45, 2.75) is 12.8 Å². The first-order chi connectivity index (χ1) is 9.47. The Hall–Kier alpha value is -2.84. The maximum Gasteiger partial charge on any atom is 0.303 e. The van der Waals surface area contributed by atoms with Crippen LogP contribution in [0.15, 0.2) is 24.4 Å². The van der Waals surface area contributed by atoms with Gasteiger partial charge in [0, 0.05) is 18.6 Å². The van der Waals surface area contributed by atoms with Crippen LogP contribution in [0, 0.1) is 15.9 Å². The van der Waals surface area contributed by atoms with Crippen molar-refractivity contribution in [1.29, 1.82) is 0 Å². The average Bonchev–Trinajstić information content (AvgIpc) is 2.84. The van der Waals surface area contributed by atoms with E-state index >= 15 is 0 Å². The van der Waals surface area contributed by atoms with Crippen molar-refractivity contribution in [3.8, 4) is 5.69 Å². The van der Waals surface area contributed by atoms with Crippen molar-refractivity contribution >= 4 is 11.7 Å². The van der Waals surface area contributed by atoms with E-state index in [2.05, 4.69) is 10.3 Å². The molecule has 1 heterocycles. The Balaban J connectivity index is 2.34. The maximum atomic E-state index is 13.2. The molecule has 20 heavy (non-hydrogen) atoms. The number of carbonyl (C=O) groups is 1. The predicted octanol–water partition coefficient (Wildman–Crippen LogP) is 1.33. The Kier molecular flexibility index (Phi) is 3.69. The summed E-state index contributed by atoms with van der Waals surface area (Å²) in [5.74, 6) is -1.63. The van der Waals surface area contributed by atoms with Crippen molar-refractivity contribution < 1.29 is 19.2 Å². The first-order valence-electron chi connectivity index (χ1n) is 5.54. The molecule has 0 atom stereocenters. The summed E-state index contributed by atoms with van der Waals surface area (Å²) in [6.45, 7) is 0. The second kappa shape index (κ2) is 5.43. The lowest BCUT2D eigenvalue weighted by Gasteiger charge is -2.01. The molecular weight excluding hydrogens is 271 g/mol. The zero-order valence-corrected chi connectivity index (χ0v) is 10.1. The number of benzene rings is 1. The molecule has 8 nitrogen and oxygen atoms in total. The van der Waals surface area contributed by atoms with Crippen LogP contribution in [0.5, 0.6) is 0 Å². The van der Waals surface area contributed by atoms with Gasteiger partial charge in [-0.05, 0) is 6.07 Å². The Morgan fingerprint density at radius 3 is 2.90 bits per heavy atom. The van der Waals surface area contributed by atoms with Crippen LogP contribution in [0.2, 0.25) is 0 Å². The van der Waals surface area contributed by atoms with Gasteiger partial charge in [-0.1, -0.05) is 5.21 Å². The smallest absolute Gasteiger partial charge is 0.303 e. The maximum absolute atomic E-state index is 13.2. The highest BCUT2D eigenvalue weighted by atomic mass is 19.1. The van der Waals surface area contributed by atoms with E-state index in [-0.39, 0.29) is 24.2 Å². The number of rotatable bonds is 5. The molecule has 0 bridgehead atoms. The molecule has 104 valence electrons. The van der Waals surface area contributed by atoms with Crippen LogP contribution in [0.1, 0.15) is 12.1 Å². The van der Waals surface area contributed by atoms with Crippen molar-refractivity contribution in [3.63, 3.8) is 0 Å². The third-order valence-electron chi connectivity index (χ3n) is 2.52. The van der Waals surface area contributed by atoms with E-state index in [9.17, 15) is 19.3 Å². The number of aromatic nitrogens is 3. The van der Waals surface area contributed by atoms with Gasteiger partial charge in [0.1, 0.15) is 11.5 Å². The lowest BCUT2D eigenvalue weighted by atomic mass is 10.2. The summed E-state index contributed by atoms with van der Waals surface area (Å²) >= 11 is 0. The second-order valence-corrected chi connectivity index (χ2v) is 3.94. The number of nitrogens with zero attached hydrogens (tertiary/aromatic N) is 4. The van der Waals surface area contributed by atoms with Gasteiger partial charge in [0.25, 0.3) is 5.69 Å². The van der Waals surface area contributed by atoms with Crippen LogP contribution in [0.4, 0.5) is 10.1 Å². The van der Waals surface area contributed by atoms with E-state index in [1.54, 1.807) is 0 Å². The third-order valence-corrected chi connectivity index (χ3v) is 2.52. The number of hydrogen-bond acceptors (Lipinski definition) is 5. The first-order valence-corrected chi connectivity index (χ1v) is 5.54. The van der Waals surface area contributed by atoms with E-state index in [0.29, 0.717) is 5.69 Å². The van der Waals surface area contributed by atoms with Gasteiger partial charge in [0.2, 0.25) is 0 Å². The molecule has 9 heteroatoms.